The minimum atomic E-state index is -1.67. The molecule has 0 spiro atoms. The Labute approximate surface area is 318 Å². The highest BCUT2D eigenvalue weighted by molar-refractivity contribution is 8.26. The van der Waals surface area contributed by atoms with Crippen molar-refractivity contribution in [3.63, 3.8) is 0 Å². The third-order valence-corrected chi connectivity index (χ3v) is 6.89. The normalized spacial score (nSPS) is 9.81. The predicted octanol–water partition coefficient (Wildman–Crippen LogP) is 9.57. The van der Waals surface area contributed by atoms with Crippen molar-refractivity contribution in [1.29, 1.82) is 0 Å². The average molecular weight is 782 g/mol. The fourth-order valence-electron chi connectivity index (χ4n) is 4.20. The zero-order valence-electron chi connectivity index (χ0n) is 26.3. The number of rotatable bonds is 8. The molecule has 0 aliphatic carbocycles. The first-order valence-corrected chi connectivity index (χ1v) is 17.6. The summed E-state index contributed by atoms with van der Waals surface area (Å²) >= 11 is 5.53. The number of aryl methyl sites for hydroxylation is 2. The van der Waals surface area contributed by atoms with Gasteiger partial charge in [-0.25, -0.2) is 28.9 Å². The van der Waals surface area contributed by atoms with Crippen LogP contribution in [0, 0.1) is 13.8 Å². The number of hydrogen-bond donors (Lipinski definition) is 3. The van der Waals surface area contributed by atoms with Crippen molar-refractivity contribution >= 4 is 76.7 Å². The van der Waals surface area contributed by atoms with Gasteiger partial charge in [0.1, 0.15) is 0 Å². The molecule has 0 fully saturated rings. The molecular formula is C36H35Cl3N8O4S. The number of nitrogens with zero attached hydrogens (tertiary/aromatic N) is 6. The number of pyridine rings is 2. The SMILES string of the molecule is C.C.Cc1ccc(C(=O)Cl)cc1Nc1nccc(-c2cccnc2)n1.Cc1ccc(C(=O)O)cc1Nc1nccc(-c2cccnc2)n1.O=S(Cl)Cl. The van der Waals surface area contributed by atoms with Gasteiger partial charge < -0.3 is 15.7 Å². The Morgan fingerprint density at radius 2 is 1.10 bits per heavy atom. The molecule has 12 nitrogen and oxygen atoms in total. The Balaban J connectivity index is 0.000000316. The van der Waals surface area contributed by atoms with Crippen LogP contribution in [-0.4, -0.2) is 50.4 Å². The maximum absolute atomic E-state index is 11.3. The van der Waals surface area contributed by atoms with Crippen LogP contribution in [0.3, 0.4) is 0 Å². The van der Waals surface area contributed by atoms with E-state index in [0.717, 1.165) is 39.3 Å². The number of carbonyl (C=O) groups excluding carboxylic acids is 1. The molecule has 2 aromatic carbocycles. The number of carbonyl (C=O) groups is 2. The molecule has 270 valence electrons. The molecule has 0 aliphatic rings. The minimum Gasteiger partial charge on any atom is -0.478 e. The molecule has 6 rings (SSSR count). The van der Waals surface area contributed by atoms with E-state index in [9.17, 15) is 9.59 Å². The lowest BCUT2D eigenvalue weighted by atomic mass is 10.1. The molecule has 0 radical (unpaired) electrons. The summed E-state index contributed by atoms with van der Waals surface area (Å²) in [4.78, 5) is 47.9. The van der Waals surface area contributed by atoms with E-state index in [1.54, 1.807) is 73.6 Å². The molecule has 0 unspecified atom stereocenters. The topological polar surface area (TPSA) is 173 Å². The quantitative estimate of drug-likeness (QED) is 0.125. The molecule has 16 heteroatoms. The van der Waals surface area contributed by atoms with Gasteiger partial charge >= 0.3 is 5.97 Å². The lowest BCUT2D eigenvalue weighted by Gasteiger charge is -2.10. The van der Waals surface area contributed by atoms with Gasteiger partial charge in [0.2, 0.25) is 21.1 Å². The average Bonchev–Trinajstić information content (AvgIpc) is 3.11. The number of carboxylic acid groups (broad SMARTS) is 1. The lowest BCUT2D eigenvalue weighted by Crippen LogP contribution is -2.02. The Hall–Kier alpha value is -5.34. The highest BCUT2D eigenvalue weighted by atomic mass is 36.0. The highest BCUT2D eigenvalue weighted by Crippen LogP contribution is 2.24. The summed E-state index contributed by atoms with van der Waals surface area (Å²) in [5, 5.41) is 14.8. The van der Waals surface area contributed by atoms with Gasteiger partial charge in [0, 0.05) is 86.6 Å². The number of nitrogens with one attached hydrogen (secondary N) is 2. The molecule has 6 aromatic rings. The monoisotopic (exact) mass is 780 g/mol. The Morgan fingerprint density at radius 3 is 1.48 bits per heavy atom. The molecule has 0 atom stereocenters. The van der Waals surface area contributed by atoms with Gasteiger partial charge in [-0.2, -0.15) is 0 Å². The third kappa shape index (κ3) is 13.1. The highest BCUT2D eigenvalue weighted by Gasteiger charge is 2.10. The van der Waals surface area contributed by atoms with Crippen LogP contribution in [0.4, 0.5) is 23.3 Å². The number of halogens is 3. The van der Waals surface area contributed by atoms with Crippen LogP contribution in [0.15, 0.2) is 110 Å². The van der Waals surface area contributed by atoms with Crippen molar-refractivity contribution in [1.82, 2.24) is 29.9 Å². The molecule has 0 saturated carbocycles. The second-order valence-corrected chi connectivity index (χ2v) is 13.0. The predicted molar refractivity (Wildman–Crippen MR) is 210 cm³/mol. The fraction of sp³-hybridized carbons (Fsp3) is 0.111. The molecule has 0 saturated heterocycles. The number of carboxylic acids is 1. The van der Waals surface area contributed by atoms with Crippen molar-refractivity contribution in [2.75, 3.05) is 10.6 Å². The van der Waals surface area contributed by atoms with Crippen LogP contribution < -0.4 is 10.6 Å². The molecule has 3 N–H and O–H groups in total. The van der Waals surface area contributed by atoms with Crippen LogP contribution in [0.2, 0.25) is 0 Å². The van der Waals surface area contributed by atoms with Gasteiger partial charge in [0.05, 0.1) is 17.0 Å². The molecule has 0 bridgehead atoms. The second-order valence-electron chi connectivity index (χ2n) is 10.1. The van der Waals surface area contributed by atoms with E-state index < -0.39 is 20.4 Å². The van der Waals surface area contributed by atoms with Gasteiger partial charge in [-0.15, -0.1) is 0 Å². The minimum absolute atomic E-state index is 0. The van der Waals surface area contributed by atoms with Gasteiger partial charge in [-0.1, -0.05) is 27.0 Å². The zero-order chi connectivity index (χ0) is 36.0. The van der Waals surface area contributed by atoms with Crippen LogP contribution in [0.5, 0.6) is 0 Å². The number of hydrogen-bond acceptors (Lipinski definition) is 11. The van der Waals surface area contributed by atoms with Crippen LogP contribution in [0.25, 0.3) is 22.5 Å². The zero-order valence-corrected chi connectivity index (χ0v) is 29.4. The maximum atomic E-state index is 11.3. The van der Waals surface area contributed by atoms with Gasteiger partial charge in [-0.05, 0) is 97.2 Å². The van der Waals surface area contributed by atoms with E-state index in [-0.39, 0.29) is 20.4 Å². The first-order valence-electron chi connectivity index (χ1n) is 14.4. The molecule has 4 heterocycles. The van der Waals surface area contributed by atoms with Crippen molar-refractivity contribution in [2.45, 2.75) is 28.7 Å². The summed E-state index contributed by atoms with van der Waals surface area (Å²) in [6.07, 6.45) is 10.2. The van der Waals surface area contributed by atoms with E-state index in [1.165, 1.54) is 0 Å². The summed E-state index contributed by atoms with van der Waals surface area (Å²) < 4.78 is 9.09. The summed E-state index contributed by atoms with van der Waals surface area (Å²) in [5.41, 5.74) is 7.18. The number of aromatic carboxylic acids is 1. The van der Waals surface area contributed by atoms with E-state index in [4.69, 9.17) is 20.9 Å². The smallest absolute Gasteiger partial charge is 0.335 e. The maximum Gasteiger partial charge on any atom is 0.335 e. The number of anilines is 4. The largest absolute Gasteiger partial charge is 0.478 e. The number of benzene rings is 2. The standard InChI is InChI=1S/C17H13ClN4O.C17H14N4O2.2CH4.Cl2OS/c1-11-4-5-12(16(18)23)9-15(11)22-17-20-8-6-14(21-17)13-3-2-7-19-10-13;1-11-4-5-12(16(22)23)9-15(11)21-17-19-8-6-14(20-17)13-3-2-7-18-10-13;;;1-4(2)3/h2-10H,1H3,(H,20,21,22);2-10H,1H3,(H,22,23)(H,19,20,21);2*1H4;. The first kappa shape index (κ1) is 42.8. The Bertz CT molecular complexity index is 1970. The molecule has 4 aromatic heterocycles. The molecule has 0 amide bonds. The van der Waals surface area contributed by atoms with Crippen molar-refractivity contribution in [2.24, 2.45) is 0 Å². The van der Waals surface area contributed by atoms with Gasteiger partial charge in [-0.3, -0.25) is 14.8 Å². The molecule has 52 heavy (non-hydrogen) atoms. The van der Waals surface area contributed by atoms with Gasteiger partial charge in [0.15, 0.2) is 0 Å². The van der Waals surface area contributed by atoms with Crippen LogP contribution in [0.1, 0.15) is 46.7 Å². The first-order chi connectivity index (χ1) is 24.0. The molecular weight excluding hydrogens is 747 g/mol. The summed E-state index contributed by atoms with van der Waals surface area (Å²) in [7, 11) is 7.36. The Kier molecular flexibility index (Phi) is 17.4. The summed E-state index contributed by atoms with van der Waals surface area (Å²) in [6.45, 7) is 3.81. The van der Waals surface area contributed by atoms with Crippen LogP contribution >= 0.6 is 33.0 Å². The Morgan fingerprint density at radius 1 is 0.673 bits per heavy atom. The lowest BCUT2D eigenvalue weighted by molar-refractivity contribution is 0.0696. The van der Waals surface area contributed by atoms with Crippen LogP contribution in [-0.2, 0) is 9.23 Å². The van der Waals surface area contributed by atoms with E-state index in [0.29, 0.717) is 23.1 Å². The van der Waals surface area contributed by atoms with Crippen molar-refractivity contribution in [3.05, 3.63) is 132 Å². The van der Waals surface area contributed by atoms with Crippen molar-refractivity contribution in [3.8, 4) is 22.5 Å². The second kappa shape index (κ2) is 21.1. The number of aromatic nitrogens is 6. The van der Waals surface area contributed by atoms with E-state index in [2.05, 4.69) is 61.9 Å². The fourth-order valence-corrected chi connectivity index (χ4v) is 4.32. The summed E-state index contributed by atoms with van der Waals surface area (Å²) in [5.74, 6) is -0.135. The third-order valence-electron chi connectivity index (χ3n) is 6.67. The van der Waals surface area contributed by atoms with Gasteiger partial charge in [0.25, 0.3) is 5.24 Å². The molecule has 0 aliphatic heterocycles. The van der Waals surface area contributed by atoms with Crippen molar-refractivity contribution < 1.29 is 18.9 Å². The van der Waals surface area contributed by atoms with E-state index >= 15 is 0 Å². The summed E-state index contributed by atoms with van der Waals surface area (Å²) in [6, 6.07) is 21.2. The van der Waals surface area contributed by atoms with E-state index in [1.807, 2.05) is 50.2 Å².